The zero-order valence-electron chi connectivity index (χ0n) is 17.4. The lowest BCUT2D eigenvalue weighted by molar-refractivity contribution is -0.253. The molecule has 33 heavy (non-hydrogen) atoms. The summed E-state index contributed by atoms with van der Waals surface area (Å²) in [6, 6.07) is 7.13. The van der Waals surface area contributed by atoms with E-state index in [-0.39, 0.29) is 5.56 Å². The molecule has 5 atom stereocenters. The van der Waals surface area contributed by atoms with Crippen LogP contribution >= 0.6 is 0 Å². The number of hydrogen-bond donors (Lipinski definition) is 5. The molecule has 1 amide bonds. The molecule has 0 saturated carbocycles. The van der Waals surface area contributed by atoms with Crippen LogP contribution in [0.4, 0.5) is 5.69 Å². The number of aliphatic hydroxyl groups excluding tert-OH is 4. The molecule has 11 nitrogen and oxygen atoms in total. The van der Waals surface area contributed by atoms with E-state index in [0.29, 0.717) is 11.0 Å². The van der Waals surface area contributed by atoms with Crippen molar-refractivity contribution < 1.29 is 34.4 Å². The summed E-state index contributed by atoms with van der Waals surface area (Å²) in [5.74, 6) is -1.01. The van der Waals surface area contributed by atoms with E-state index in [4.69, 9.17) is 14.3 Å². The monoisotopic (exact) mass is 457 g/mol. The highest BCUT2D eigenvalue weighted by atomic mass is 16.6. The summed E-state index contributed by atoms with van der Waals surface area (Å²) in [5.41, 5.74) is 0.0487. The highest BCUT2D eigenvalue weighted by molar-refractivity contribution is 6.02. The van der Waals surface area contributed by atoms with Crippen molar-refractivity contribution in [3.05, 3.63) is 45.8 Å². The van der Waals surface area contributed by atoms with Crippen molar-refractivity contribution in [1.82, 2.24) is 5.32 Å². The van der Waals surface area contributed by atoms with E-state index < -0.39 is 54.4 Å². The summed E-state index contributed by atoms with van der Waals surface area (Å²) in [7, 11) is 0. The van der Waals surface area contributed by atoms with Crippen molar-refractivity contribution in [2.24, 2.45) is 0 Å². The molecule has 1 unspecified atom stereocenters. The van der Waals surface area contributed by atoms with Gasteiger partial charge in [0.15, 0.2) is 6.29 Å². The predicted octanol–water partition coefficient (Wildman–Crippen LogP) is -1.17. The number of benzene rings is 1. The molecule has 4 rings (SSSR count). The first-order valence-electron chi connectivity index (χ1n) is 10.4. The van der Waals surface area contributed by atoms with E-state index in [1.54, 1.807) is 18.2 Å². The maximum atomic E-state index is 12.6. The Kier molecular flexibility index (Phi) is 6.46. The fraction of sp³-hybridized carbons (Fsp3) is 0.409. The van der Waals surface area contributed by atoms with E-state index >= 15 is 0 Å². The molecule has 5 N–H and O–H groups in total. The fourth-order valence-electron chi connectivity index (χ4n) is 3.77. The highest BCUT2D eigenvalue weighted by Gasteiger charge is 2.44. The van der Waals surface area contributed by atoms with E-state index in [0.717, 1.165) is 31.3 Å². The number of carbonyl (C=O) groups is 1. The second-order valence-corrected chi connectivity index (χ2v) is 7.95. The van der Waals surface area contributed by atoms with E-state index in [1.165, 1.54) is 6.07 Å². The van der Waals surface area contributed by atoms with Crippen LogP contribution in [-0.4, -0.2) is 76.7 Å². The predicted molar refractivity (Wildman–Crippen MR) is 115 cm³/mol. The maximum absolute atomic E-state index is 12.6. The van der Waals surface area contributed by atoms with Crippen LogP contribution in [0.2, 0.25) is 0 Å². The number of amides is 1. The summed E-state index contributed by atoms with van der Waals surface area (Å²) in [6.07, 6.45) is -4.08. The van der Waals surface area contributed by atoms with Gasteiger partial charge in [-0.2, -0.15) is 5.26 Å². The van der Waals surface area contributed by atoms with Gasteiger partial charge < -0.3 is 39.8 Å². The number of aliphatic hydroxyl groups is 4. The lowest BCUT2D eigenvalue weighted by Gasteiger charge is -2.40. The van der Waals surface area contributed by atoms with Gasteiger partial charge in [-0.15, -0.1) is 0 Å². The number of carbonyl (C=O) groups excluding carboxylic acids is 1. The molecule has 0 spiro atoms. The minimum absolute atomic E-state index is 0.0349. The zero-order valence-corrected chi connectivity index (χ0v) is 17.4. The minimum atomic E-state index is -1.74. The van der Waals surface area contributed by atoms with Crippen LogP contribution in [0.15, 0.2) is 39.1 Å². The SMILES string of the molecule is N#C/C(=C\c1cc2ccc(N3CCC3)cc2oc1=O)C(=O)N[C@H]1C(O)O[C@H](CO)[C@@H](O)[C@@H]1O. The van der Waals surface area contributed by atoms with Gasteiger partial charge in [0.25, 0.3) is 5.91 Å². The van der Waals surface area contributed by atoms with Gasteiger partial charge in [-0.25, -0.2) is 4.79 Å². The minimum Gasteiger partial charge on any atom is -0.422 e. The van der Waals surface area contributed by atoms with Crippen LogP contribution in [0.5, 0.6) is 0 Å². The third-order valence-corrected chi connectivity index (χ3v) is 5.83. The Labute approximate surface area is 187 Å². The summed E-state index contributed by atoms with van der Waals surface area (Å²) < 4.78 is 10.4. The second-order valence-electron chi connectivity index (χ2n) is 7.95. The van der Waals surface area contributed by atoms with Crippen LogP contribution < -0.4 is 15.8 Å². The van der Waals surface area contributed by atoms with Crippen molar-refractivity contribution in [2.45, 2.75) is 37.1 Å². The molecule has 174 valence electrons. The lowest BCUT2D eigenvalue weighted by atomic mass is 9.96. The van der Waals surface area contributed by atoms with Gasteiger partial charge in [-0.05, 0) is 30.7 Å². The van der Waals surface area contributed by atoms with Gasteiger partial charge >= 0.3 is 5.63 Å². The average Bonchev–Trinajstić information content (AvgIpc) is 2.76. The van der Waals surface area contributed by atoms with Crippen LogP contribution in [0.1, 0.15) is 12.0 Å². The molecule has 1 aromatic heterocycles. The van der Waals surface area contributed by atoms with Gasteiger partial charge in [0, 0.05) is 30.2 Å². The molecule has 2 fully saturated rings. The quantitative estimate of drug-likeness (QED) is 0.209. The van der Waals surface area contributed by atoms with Crippen molar-refractivity contribution in [1.29, 1.82) is 5.26 Å². The number of rotatable bonds is 5. The standard InChI is InChI=1S/C22H23N3O8/c23-9-13(20(29)24-17-19(28)18(27)16(10-26)33-22(17)31)7-12-6-11-2-3-14(25-4-1-5-25)8-15(11)32-21(12)30/h2-3,6-8,16-19,22,26-28,31H,1,4-5,10H2,(H,24,29)/b13-7+/t16-,17-,18-,19-,22?/m1/s1. The Hall–Kier alpha value is -3.27. The molecule has 2 aliphatic heterocycles. The average molecular weight is 457 g/mol. The Morgan fingerprint density at radius 3 is 2.64 bits per heavy atom. The first-order valence-corrected chi connectivity index (χ1v) is 10.4. The number of anilines is 1. The van der Waals surface area contributed by atoms with Crippen LogP contribution in [0, 0.1) is 11.3 Å². The summed E-state index contributed by atoms with van der Waals surface area (Å²) >= 11 is 0. The molecule has 3 heterocycles. The molecule has 0 radical (unpaired) electrons. The number of nitrogens with zero attached hydrogens (tertiary/aromatic N) is 2. The van der Waals surface area contributed by atoms with E-state index in [1.807, 2.05) is 6.07 Å². The smallest absolute Gasteiger partial charge is 0.343 e. The first kappa shape index (κ1) is 22.9. The molecule has 2 aromatic rings. The highest BCUT2D eigenvalue weighted by Crippen LogP contribution is 2.26. The topological polar surface area (TPSA) is 176 Å². The summed E-state index contributed by atoms with van der Waals surface area (Å²) in [4.78, 5) is 27.2. The number of nitrogens with one attached hydrogen (secondary N) is 1. The third kappa shape index (κ3) is 4.47. The summed E-state index contributed by atoms with van der Waals surface area (Å²) in [5, 5.41) is 51.5. The van der Waals surface area contributed by atoms with Crippen LogP contribution in [-0.2, 0) is 9.53 Å². The van der Waals surface area contributed by atoms with E-state index in [2.05, 4.69) is 10.2 Å². The number of fused-ring (bicyclic) bond motifs is 1. The number of hydrogen-bond acceptors (Lipinski definition) is 10. The molecule has 11 heteroatoms. The lowest BCUT2D eigenvalue weighted by Crippen LogP contribution is -2.64. The van der Waals surface area contributed by atoms with Crippen molar-refractivity contribution in [3.63, 3.8) is 0 Å². The summed E-state index contributed by atoms with van der Waals surface area (Å²) in [6.45, 7) is 1.21. The second kappa shape index (κ2) is 9.30. The van der Waals surface area contributed by atoms with E-state index in [9.17, 15) is 30.2 Å². The van der Waals surface area contributed by atoms with Gasteiger partial charge in [-0.3, -0.25) is 4.79 Å². The Balaban J connectivity index is 1.56. The number of ether oxygens (including phenoxy) is 1. The van der Waals surface area contributed by atoms with Crippen LogP contribution in [0.3, 0.4) is 0 Å². The molecular weight excluding hydrogens is 434 g/mol. The molecule has 1 aromatic carbocycles. The fourth-order valence-corrected chi connectivity index (χ4v) is 3.77. The van der Waals surface area contributed by atoms with Crippen molar-refractivity contribution in [2.75, 3.05) is 24.6 Å². The third-order valence-electron chi connectivity index (χ3n) is 5.83. The molecule has 0 bridgehead atoms. The van der Waals surface area contributed by atoms with Crippen LogP contribution in [0.25, 0.3) is 17.0 Å². The zero-order chi connectivity index (χ0) is 23.7. The normalized spacial score (nSPS) is 27.7. The Morgan fingerprint density at radius 2 is 2.00 bits per heavy atom. The Bertz CT molecular complexity index is 1180. The maximum Gasteiger partial charge on any atom is 0.343 e. The van der Waals surface area contributed by atoms with Gasteiger partial charge in [0.05, 0.1) is 12.2 Å². The molecule has 0 aliphatic carbocycles. The van der Waals surface area contributed by atoms with Gasteiger partial charge in [0.2, 0.25) is 0 Å². The van der Waals surface area contributed by atoms with Crippen molar-refractivity contribution in [3.8, 4) is 6.07 Å². The Morgan fingerprint density at radius 1 is 1.24 bits per heavy atom. The molecular formula is C22H23N3O8. The largest absolute Gasteiger partial charge is 0.422 e. The van der Waals surface area contributed by atoms with Gasteiger partial charge in [-0.1, -0.05) is 0 Å². The van der Waals surface area contributed by atoms with Crippen molar-refractivity contribution >= 4 is 28.6 Å². The molecule has 2 saturated heterocycles. The number of nitriles is 1. The first-order chi connectivity index (χ1) is 15.8. The molecule has 2 aliphatic rings. The van der Waals surface area contributed by atoms with Gasteiger partial charge in [0.1, 0.15) is 41.6 Å².